The van der Waals surface area contributed by atoms with Crippen LogP contribution in [0.3, 0.4) is 0 Å². The largest absolute Gasteiger partial charge is 0.418 e. The molecule has 8 nitrogen and oxygen atoms in total. The van der Waals surface area contributed by atoms with Crippen LogP contribution >= 0.6 is 11.3 Å². The number of thiophene rings is 1. The summed E-state index contributed by atoms with van der Waals surface area (Å²) < 4.78 is 40.1. The van der Waals surface area contributed by atoms with Gasteiger partial charge in [0.15, 0.2) is 0 Å². The highest BCUT2D eigenvalue weighted by atomic mass is 32.1. The van der Waals surface area contributed by atoms with E-state index in [1.807, 2.05) is 39.8 Å². The van der Waals surface area contributed by atoms with Crippen molar-refractivity contribution in [2.24, 2.45) is 0 Å². The average Bonchev–Trinajstić information content (AvgIpc) is 3.14. The number of alkyl halides is 3. The molecule has 3 rings (SSSR count). The van der Waals surface area contributed by atoms with Gasteiger partial charge in [0.2, 0.25) is 5.91 Å². The van der Waals surface area contributed by atoms with Gasteiger partial charge in [0, 0.05) is 44.0 Å². The van der Waals surface area contributed by atoms with E-state index < -0.39 is 17.8 Å². The zero-order valence-corrected chi connectivity index (χ0v) is 23.1. The highest BCUT2D eigenvalue weighted by Gasteiger charge is 2.34. The third-order valence-electron chi connectivity index (χ3n) is 6.10. The molecule has 1 aromatic carbocycles. The van der Waals surface area contributed by atoms with E-state index in [0.29, 0.717) is 26.2 Å². The predicted molar refractivity (Wildman–Crippen MR) is 143 cm³/mol. The normalized spacial score (nSPS) is 15.0. The fourth-order valence-electron chi connectivity index (χ4n) is 3.91. The van der Waals surface area contributed by atoms with E-state index in [9.17, 15) is 27.6 Å². The highest BCUT2D eigenvalue weighted by molar-refractivity contribution is 7.16. The van der Waals surface area contributed by atoms with Crippen molar-refractivity contribution in [2.75, 3.05) is 57.5 Å². The summed E-state index contributed by atoms with van der Waals surface area (Å²) in [7, 11) is 3.85. The van der Waals surface area contributed by atoms with E-state index in [2.05, 4.69) is 10.6 Å². The molecule has 2 N–H and O–H groups in total. The number of benzene rings is 1. The molecular weight excluding hydrogens is 519 g/mol. The molecule has 4 amide bonds. The summed E-state index contributed by atoms with van der Waals surface area (Å²) in [6, 6.07) is 5.51. The summed E-state index contributed by atoms with van der Waals surface area (Å²) >= 11 is 1.20. The lowest BCUT2D eigenvalue weighted by Gasteiger charge is -2.23. The van der Waals surface area contributed by atoms with Gasteiger partial charge >= 0.3 is 12.2 Å². The highest BCUT2D eigenvalue weighted by Crippen LogP contribution is 2.38. The van der Waals surface area contributed by atoms with Gasteiger partial charge in [0.1, 0.15) is 5.00 Å². The predicted octanol–water partition coefficient (Wildman–Crippen LogP) is 4.94. The molecule has 2 aromatic rings. The molecule has 1 aliphatic rings. The fourth-order valence-corrected chi connectivity index (χ4v) is 5.01. The van der Waals surface area contributed by atoms with Crippen molar-refractivity contribution >= 4 is 39.9 Å². The minimum absolute atomic E-state index is 0.0242. The minimum Gasteiger partial charge on any atom is -0.340 e. The number of halogens is 3. The molecular formula is C26H34F3N5O3S. The van der Waals surface area contributed by atoms with Gasteiger partial charge in [-0.15, -0.1) is 11.3 Å². The molecule has 0 bridgehead atoms. The van der Waals surface area contributed by atoms with Gasteiger partial charge < -0.3 is 20.0 Å². The number of likely N-dealkylation sites (N-methyl/N-ethyl adjacent to an activating group) is 1. The smallest absolute Gasteiger partial charge is 0.340 e. The van der Waals surface area contributed by atoms with Crippen LogP contribution in [0.25, 0.3) is 0 Å². The van der Waals surface area contributed by atoms with Crippen LogP contribution in [0.15, 0.2) is 30.3 Å². The van der Waals surface area contributed by atoms with Crippen LogP contribution in [0.2, 0.25) is 0 Å². The Hall–Kier alpha value is -3.12. The third-order valence-corrected chi connectivity index (χ3v) is 7.58. The third kappa shape index (κ3) is 7.47. The van der Waals surface area contributed by atoms with Gasteiger partial charge in [-0.05, 0) is 37.7 Å². The number of nitrogens with one attached hydrogen (secondary N) is 2. The first-order chi connectivity index (χ1) is 17.7. The van der Waals surface area contributed by atoms with Gasteiger partial charge in [-0.1, -0.05) is 32.9 Å². The Kier molecular flexibility index (Phi) is 9.09. The molecule has 2 heterocycles. The Morgan fingerprint density at radius 1 is 1.05 bits per heavy atom. The molecule has 1 aliphatic heterocycles. The minimum atomic E-state index is -4.64. The summed E-state index contributed by atoms with van der Waals surface area (Å²) in [4.78, 5) is 45.1. The van der Waals surface area contributed by atoms with Crippen molar-refractivity contribution in [1.29, 1.82) is 0 Å². The lowest BCUT2D eigenvalue weighted by Crippen LogP contribution is -2.39. The fraction of sp³-hybridized carbons (Fsp3) is 0.500. The van der Waals surface area contributed by atoms with E-state index in [4.69, 9.17) is 0 Å². The second-order valence-electron chi connectivity index (χ2n) is 10.5. The average molecular weight is 554 g/mol. The summed E-state index contributed by atoms with van der Waals surface area (Å²) in [6.07, 6.45) is -4.45. The maximum atomic E-state index is 13.6. The first-order valence-electron chi connectivity index (χ1n) is 12.3. The molecule has 0 saturated carbocycles. The SMILES string of the molecule is CN(C)CCN1CCN(C(=O)c2cc(C(C)(C)C)sc2NC(=O)Nc2ccccc2C(F)(F)F)CCC1=O. The number of para-hydroxylation sites is 1. The standard InChI is InChI=1S/C26H34F3N5O3S/c1-25(2,3)20-16-17(23(36)34-11-10-21(35)33(14-15-34)13-12-32(4)5)22(38-20)31-24(37)30-19-9-7-6-8-18(19)26(27,28)29/h6-9,16H,10-15H2,1-5H3,(H2,30,31,37). The van der Waals surface area contributed by atoms with Crippen molar-refractivity contribution in [3.8, 4) is 0 Å². The molecule has 0 atom stereocenters. The Morgan fingerprint density at radius 2 is 1.74 bits per heavy atom. The Balaban J connectivity index is 1.82. The Morgan fingerprint density at radius 3 is 2.37 bits per heavy atom. The maximum Gasteiger partial charge on any atom is 0.418 e. The second-order valence-corrected chi connectivity index (χ2v) is 11.5. The zero-order valence-electron chi connectivity index (χ0n) is 22.2. The number of rotatable bonds is 6. The zero-order chi connectivity index (χ0) is 28.3. The van der Waals surface area contributed by atoms with Gasteiger partial charge in [-0.25, -0.2) is 4.79 Å². The van der Waals surface area contributed by atoms with Crippen molar-refractivity contribution in [2.45, 2.75) is 38.8 Å². The summed E-state index contributed by atoms with van der Waals surface area (Å²) in [5.74, 6) is -0.367. The van der Waals surface area contributed by atoms with Gasteiger partial charge in [-0.3, -0.25) is 14.9 Å². The molecule has 0 spiro atoms. The molecule has 1 aromatic heterocycles. The number of hydrogen-bond acceptors (Lipinski definition) is 5. The van der Waals surface area contributed by atoms with Crippen LogP contribution in [-0.2, 0) is 16.4 Å². The monoisotopic (exact) mass is 553 g/mol. The van der Waals surface area contributed by atoms with Crippen LogP contribution in [0.4, 0.5) is 28.7 Å². The maximum absolute atomic E-state index is 13.6. The molecule has 0 unspecified atom stereocenters. The molecule has 1 saturated heterocycles. The van der Waals surface area contributed by atoms with Crippen molar-refractivity contribution in [3.05, 3.63) is 46.3 Å². The first kappa shape index (κ1) is 29.4. The summed E-state index contributed by atoms with van der Waals surface area (Å²) in [5.41, 5.74) is -1.45. The number of nitrogens with zero attached hydrogens (tertiary/aromatic N) is 3. The van der Waals surface area contributed by atoms with E-state index in [0.717, 1.165) is 10.9 Å². The number of carbonyl (C=O) groups is 3. The van der Waals surface area contributed by atoms with Crippen LogP contribution in [0, 0.1) is 0 Å². The first-order valence-corrected chi connectivity index (χ1v) is 13.1. The van der Waals surface area contributed by atoms with E-state index in [-0.39, 0.29) is 46.4 Å². The quantitative estimate of drug-likeness (QED) is 0.531. The molecule has 1 fully saturated rings. The van der Waals surface area contributed by atoms with Gasteiger partial charge in [0.05, 0.1) is 16.8 Å². The van der Waals surface area contributed by atoms with Gasteiger partial charge in [-0.2, -0.15) is 13.2 Å². The molecule has 208 valence electrons. The van der Waals surface area contributed by atoms with Crippen LogP contribution in [-0.4, -0.2) is 79.4 Å². The lowest BCUT2D eigenvalue weighted by atomic mass is 9.94. The van der Waals surface area contributed by atoms with Crippen molar-refractivity contribution in [3.63, 3.8) is 0 Å². The molecule has 0 aliphatic carbocycles. The number of anilines is 2. The lowest BCUT2D eigenvalue weighted by molar-refractivity contribution is -0.137. The Bertz CT molecular complexity index is 1170. The summed E-state index contributed by atoms with van der Waals surface area (Å²) in [5, 5.41) is 5.09. The van der Waals surface area contributed by atoms with E-state index >= 15 is 0 Å². The molecule has 12 heteroatoms. The summed E-state index contributed by atoms with van der Waals surface area (Å²) in [6.45, 7) is 8.13. The number of carbonyl (C=O) groups excluding carboxylic acids is 3. The van der Waals surface area contributed by atoms with Crippen molar-refractivity contribution < 1.29 is 27.6 Å². The van der Waals surface area contributed by atoms with Gasteiger partial charge in [0.25, 0.3) is 5.91 Å². The number of amides is 4. The van der Waals surface area contributed by atoms with Crippen LogP contribution in [0.1, 0.15) is 48.0 Å². The number of urea groups is 1. The van der Waals surface area contributed by atoms with Crippen LogP contribution in [0.5, 0.6) is 0 Å². The number of hydrogen-bond donors (Lipinski definition) is 2. The molecule has 0 radical (unpaired) electrons. The Labute approximate surface area is 224 Å². The second kappa shape index (κ2) is 11.7. The van der Waals surface area contributed by atoms with E-state index in [1.165, 1.54) is 29.5 Å². The van der Waals surface area contributed by atoms with E-state index in [1.54, 1.807) is 15.9 Å². The van der Waals surface area contributed by atoms with Crippen LogP contribution < -0.4 is 10.6 Å². The molecule has 38 heavy (non-hydrogen) atoms. The van der Waals surface area contributed by atoms with Crippen molar-refractivity contribution in [1.82, 2.24) is 14.7 Å². The topological polar surface area (TPSA) is 85.0 Å².